The van der Waals surface area contributed by atoms with Crippen LogP contribution in [0.2, 0.25) is 5.15 Å². The van der Waals surface area contributed by atoms with Crippen molar-refractivity contribution in [2.45, 2.75) is 68.8 Å². The van der Waals surface area contributed by atoms with E-state index < -0.39 is 0 Å². The van der Waals surface area contributed by atoms with Gasteiger partial charge in [0, 0.05) is 49.6 Å². The number of nitrogens with one attached hydrogen (secondary N) is 1. The molecule has 2 aliphatic heterocycles. The number of halogens is 1. The zero-order chi connectivity index (χ0) is 28.4. The van der Waals surface area contributed by atoms with E-state index in [1.807, 2.05) is 30.3 Å². The Morgan fingerprint density at radius 3 is 2.51 bits per heavy atom. The molecule has 2 saturated heterocycles. The molecule has 8 heteroatoms. The van der Waals surface area contributed by atoms with E-state index >= 15 is 0 Å². The molecule has 3 aromatic rings. The quantitative estimate of drug-likeness (QED) is 0.114. The van der Waals surface area contributed by atoms with E-state index in [1.54, 1.807) is 11.8 Å². The first kappa shape index (κ1) is 29.9. The molecule has 1 atom stereocenters. The fraction of sp³-hybridized carbons (Fsp3) is 0.485. The van der Waals surface area contributed by atoms with E-state index in [4.69, 9.17) is 16.6 Å². The summed E-state index contributed by atoms with van der Waals surface area (Å²) in [7, 11) is 0. The van der Waals surface area contributed by atoms with Crippen molar-refractivity contribution in [3.63, 3.8) is 0 Å². The van der Waals surface area contributed by atoms with Crippen molar-refractivity contribution >= 4 is 35.1 Å². The first-order valence-electron chi connectivity index (χ1n) is 15.1. The van der Waals surface area contributed by atoms with Crippen molar-refractivity contribution in [1.29, 1.82) is 0 Å². The van der Waals surface area contributed by atoms with E-state index in [1.165, 1.54) is 31.4 Å². The summed E-state index contributed by atoms with van der Waals surface area (Å²) < 4.78 is 0. The molecule has 1 aromatic heterocycles. The van der Waals surface area contributed by atoms with Crippen molar-refractivity contribution in [3.05, 3.63) is 82.5 Å². The highest BCUT2D eigenvalue weighted by atomic mass is 35.5. The van der Waals surface area contributed by atoms with E-state index in [-0.39, 0.29) is 5.91 Å². The molecule has 6 nitrogen and oxygen atoms in total. The van der Waals surface area contributed by atoms with Crippen LogP contribution in [0.5, 0.6) is 0 Å². The second-order valence-electron chi connectivity index (χ2n) is 11.4. The molecule has 0 radical (unpaired) electrons. The zero-order valence-corrected chi connectivity index (χ0v) is 25.7. The van der Waals surface area contributed by atoms with Crippen molar-refractivity contribution in [2.75, 3.05) is 37.6 Å². The number of nitrogens with zero attached hydrogens (tertiary/aromatic N) is 4. The van der Waals surface area contributed by atoms with E-state index in [2.05, 4.69) is 57.4 Å². The van der Waals surface area contributed by atoms with Crippen molar-refractivity contribution < 1.29 is 4.79 Å². The van der Waals surface area contributed by atoms with Crippen LogP contribution in [0.15, 0.2) is 65.8 Å². The molecule has 0 bridgehead atoms. The number of carbonyl (C=O) groups is 1. The second kappa shape index (κ2) is 15.0. The van der Waals surface area contributed by atoms with Gasteiger partial charge < -0.3 is 15.1 Å². The van der Waals surface area contributed by atoms with Crippen molar-refractivity contribution in [3.8, 4) is 0 Å². The number of likely N-dealkylation sites (tertiary alicyclic amines) is 1. The minimum absolute atomic E-state index is 0.00810. The van der Waals surface area contributed by atoms with Crippen LogP contribution in [0.3, 0.4) is 0 Å². The van der Waals surface area contributed by atoms with Gasteiger partial charge in [-0.3, -0.25) is 4.79 Å². The standard InChI is InChI=1S/C33H42ClN5OS/c1-25-8-5-6-18-38(25)19-7-17-35-32(40)29-13-11-28(12-14-29)24-41-33-36-30(34)23-31(37-33)39-20-15-27(16-21-39)22-26-9-3-2-4-10-26/h2-4,9-14,23,25,27H,5-8,15-22,24H2,1H3,(H,35,40). The predicted octanol–water partition coefficient (Wildman–Crippen LogP) is 6.88. The topological polar surface area (TPSA) is 61.4 Å². The van der Waals surface area contributed by atoms with Crippen LogP contribution in [-0.4, -0.2) is 59.5 Å². The molecule has 3 heterocycles. The first-order valence-corrected chi connectivity index (χ1v) is 16.5. The van der Waals surface area contributed by atoms with Crippen LogP contribution in [0.1, 0.15) is 66.9 Å². The van der Waals surface area contributed by atoms with Gasteiger partial charge in [0.25, 0.3) is 5.91 Å². The van der Waals surface area contributed by atoms with Crippen LogP contribution < -0.4 is 10.2 Å². The molecule has 0 spiro atoms. The largest absolute Gasteiger partial charge is 0.356 e. The summed E-state index contributed by atoms with van der Waals surface area (Å²) in [6, 6.07) is 21.1. The summed E-state index contributed by atoms with van der Waals surface area (Å²) in [4.78, 5) is 26.8. The minimum Gasteiger partial charge on any atom is -0.356 e. The number of amides is 1. The Labute approximate surface area is 254 Å². The van der Waals surface area contributed by atoms with E-state index in [9.17, 15) is 4.79 Å². The molecular formula is C33H42ClN5OS. The third kappa shape index (κ3) is 8.94. The molecule has 41 heavy (non-hydrogen) atoms. The number of thioether (sulfide) groups is 1. The van der Waals surface area contributed by atoms with Crippen LogP contribution in [0, 0.1) is 5.92 Å². The van der Waals surface area contributed by atoms with Crippen molar-refractivity contribution in [2.24, 2.45) is 5.92 Å². The molecule has 2 fully saturated rings. The van der Waals surface area contributed by atoms with Gasteiger partial charge in [0.05, 0.1) is 0 Å². The number of anilines is 1. The molecule has 2 aromatic carbocycles. The van der Waals surface area contributed by atoms with E-state index in [0.717, 1.165) is 62.5 Å². The molecule has 5 rings (SSSR count). The Morgan fingerprint density at radius 2 is 1.76 bits per heavy atom. The third-order valence-corrected chi connectivity index (χ3v) is 9.51. The number of rotatable bonds is 11. The number of hydrogen-bond acceptors (Lipinski definition) is 6. The Morgan fingerprint density at radius 1 is 0.976 bits per heavy atom. The number of hydrogen-bond donors (Lipinski definition) is 1. The molecule has 0 aliphatic carbocycles. The van der Waals surface area contributed by atoms with Gasteiger partial charge in [0.1, 0.15) is 11.0 Å². The number of piperidine rings is 2. The average molecular weight is 592 g/mol. The number of carbonyl (C=O) groups excluding carboxylic acids is 1. The molecule has 218 valence electrons. The number of aromatic nitrogens is 2. The van der Waals surface area contributed by atoms with Gasteiger partial charge in [-0.2, -0.15) is 0 Å². The van der Waals surface area contributed by atoms with Crippen LogP contribution in [-0.2, 0) is 12.2 Å². The predicted molar refractivity (Wildman–Crippen MR) is 170 cm³/mol. The first-order chi connectivity index (χ1) is 20.0. The monoisotopic (exact) mass is 591 g/mol. The molecule has 1 unspecified atom stereocenters. The third-order valence-electron chi connectivity index (χ3n) is 8.40. The zero-order valence-electron chi connectivity index (χ0n) is 24.1. The summed E-state index contributed by atoms with van der Waals surface area (Å²) in [5.41, 5.74) is 3.24. The smallest absolute Gasteiger partial charge is 0.251 e. The lowest BCUT2D eigenvalue weighted by molar-refractivity contribution is 0.0949. The lowest BCUT2D eigenvalue weighted by atomic mass is 9.90. The molecule has 2 aliphatic rings. The van der Waals surface area contributed by atoms with Gasteiger partial charge in [-0.15, -0.1) is 0 Å². The summed E-state index contributed by atoms with van der Waals surface area (Å²) in [5, 5.41) is 4.24. The van der Waals surface area contributed by atoms with Crippen LogP contribution >= 0.6 is 23.4 Å². The Balaban J connectivity index is 1.06. The Kier molecular flexibility index (Phi) is 11.0. The lowest BCUT2D eigenvalue weighted by Gasteiger charge is -2.33. The average Bonchev–Trinajstić information content (AvgIpc) is 3.00. The molecule has 0 saturated carbocycles. The highest BCUT2D eigenvalue weighted by Crippen LogP contribution is 2.29. The SMILES string of the molecule is CC1CCCCN1CCCNC(=O)c1ccc(CSc2nc(Cl)cc(N3CCC(Cc4ccccc4)CC3)n2)cc1. The van der Waals surface area contributed by atoms with Gasteiger partial charge in [-0.25, -0.2) is 9.97 Å². The lowest BCUT2D eigenvalue weighted by Crippen LogP contribution is -2.39. The van der Waals surface area contributed by atoms with Gasteiger partial charge in [-0.1, -0.05) is 72.2 Å². The fourth-order valence-electron chi connectivity index (χ4n) is 5.90. The van der Waals surface area contributed by atoms with Crippen LogP contribution in [0.4, 0.5) is 5.82 Å². The summed E-state index contributed by atoms with van der Waals surface area (Å²) >= 11 is 7.98. The Hall–Kier alpha value is -2.61. The maximum Gasteiger partial charge on any atom is 0.251 e. The van der Waals surface area contributed by atoms with Crippen molar-refractivity contribution in [1.82, 2.24) is 20.2 Å². The van der Waals surface area contributed by atoms with Gasteiger partial charge in [-0.05, 0) is 81.2 Å². The second-order valence-corrected chi connectivity index (χ2v) is 12.8. The summed E-state index contributed by atoms with van der Waals surface area (Å²) in [6.07, 6.45) is 8.34. The van der Waals surface area contributed by atoms with Gasteiger partial charge in [0.15, 0.2) is 5.16 Å². The maximum absolute atomic E-state index is 12.6. The molecule has 1 N–H and O–H groups in total. The maximum atomic E-state index is 12.6. The summed E-state index contributed by atoms with van der Waals surface area (Å²) in [6.45, 7) is 7.22. The highest BCUT2D eigenvalue weighted by Gasteiger charge is 2.22. The minimum atomic E-state index is -0.00810. The normalized spacial score (nSPS) is 18.4. The molecule has 1 amide bonds. The summed E-state index contributed by atoms with van der Waals surface area (Å²) in [5.74, 6) is 2.32. The molecular weight excluding hydrogens is 550 g/mol. The highest BCUT2D eigenvalue weighted by molar-refractivity contribution is 7.98. The van der Waals surface area contributed by atoms with E-state index in [0.29, 0.717) is 34.4 Å². The van der Waals surface area contributed by atoms with Gasteiger partial charge >= 0.3 is 0 Å². The van der Waals surface area contributed by atoms with Crippen LogP contribution in [0.25, 0.3) is 0 Å². The number of benzene rings is 2. The Bertz CT molecular complexity index is 1250. The fourth-order valence-corrected chi connectivity index (χ4v) is 6.94. The van der Waals surface area contributed by atoms with Gasteiger partial charge in [0.2, 0.25) is 0 Å².